The van der Waals surface area contributed by atoms with Gasteiger partial charge in [0.05, 0.1) is 0 Å². The standard InChI is InChI=1S/C6H5N3O2/c1-7-6(10)5-2-8-4-9(11)3-5/h2-4H,1H2. The van der Waals surface area contributed by atoms with E-state index >= 15 is 0 Å². The van der Waals surface area contributed by atoms with Gasteiger partial charge >= 0.3 is 0 Å². The van der Waals surface area contributed by atoms with Crippen LogP contribution in [0.4, 0.5) is 0 Å². The molecule has 0 saturated heterocycles. The van der Waals surface area contributed by atoms with Crippen LogP contribution in [0.15, 0.2) is 23.7 Å². The van der Waals surface area contributed by atoms with Gasteiger partial charge in [0.2, 0.25) is 0 Å². The summed E-state index contributed by atoms with van der Waals surface area (Å²) in [5.74, 6) is -0.553. The summed E-state index contributed by atoms with van der Waals surface area (Å²) < 4.78 is 0.429. The van der Waals surface area contributed by atoms with Crippen molar-refractivity contribution >= 4 is 12.6 Å². The van der Waals surface area contributed by atoms with Crippen molar-refractivity contribution < 1.29 is 9.52 Å². The Morgan fingerprint density at radius 3 is 3.09 bits per heavy atom. The maximum Gasteiger partial charge on any atom is 0.289 e. The van der Waals surface area contributed by atoms with E-state index in [0.29, 0.717) is 4.73 Å². The van der Waals surface area contributed by atoms with Crippen molar-refractivity contribution in [2.75, 3.05) is 0 Å². The minimum Gasteiger partial charge on any atom is -0.711 e. The van der Waals surface area contributed by atoms with Crippen LogP contribution >= 0.6 is 0 Å². The Morgan fingerprint density at radius 2 is 2.55 bits per heavy atom. The number of aromatic nitrogens is 2. The quantitative estimate of drug-likeness (QED) is 0.310. The van der Waals surface area contributed by atoms with Crippen LogP contribution in [0.5, 0.6) is 0 Å². The summed E-state index contributed by atoms with van der Waals surface area (Å²) >= 11 is 0. The number of carbonyl (C=O) groups excluding carboxylic acids is 1. The number of carbonyl (C=O) groups is 1. The van der Waals surface area contributed by atoms with Crippen LogP contribution in [0.2, 0.25) is 0 Å². The molecule has 1 amide bonds. The van der Waals surface area contributed by atoms with Crippen molar-refractivity contribution in [1.29, 1.82) is 0 Å². The fourth-order valence-corrected chi connectivity index (χ4v) is 0.585. The molecule has 0 atom stereocenters. The van der Waals surface area contributed by atoms with Crippen molar-refractivity contribution in [3.05, 3.63) is 29.5 Å². The lowest BCUT2D eigenvalue weighted by atomic mass is 10.3. The molecule has 0 fully saturated rings. The molecule has 0 aromatic carbocycles. The van der Waals surface area contributed by atoms with Gasteiger partial charge in [0, 0.05) is 0 Å². The normalized spacial score (nSPS) is 9.09. The lowest BCUT2D eigenvalue weighted by Crippen LogP contribution is -2.26. The van der Waals surface area contributed by atoms with E-state index in [1.54, 1.807) is 0 Å². The zero-order valence-corrected chi connectivity index (χ0v) is 5.60. The second kappa shape index (κ2) is 2.87. The van der Waals surface area contributed by atoms with E-state index in [-0.39, 0.29) is 5.56 Å². The first-order valence-electron chi connectivity index (χ1n) is 2.79. The molecular formula is C6H5N3O2. The van der Waals surface area contributed by atoms with Crippen molar-refractivity contribution in [3.8, 4) is 0 Å². The number of rotatable bonds is 1. The molecule has 11 heavy (non-hydrogen) atoms. The first kappa shape index (κ1) is 7.33. The largest absolute Gasteiger partial charge is 0.711 e. The Kier molecular flexibility index (Phi) is 1.91. The zero-order valence-electron chi connectivity index (χ0n) is 5.60. The Morgan fingerprint density at radius 1 is 1.82 bits per heavy atom. The third-order valence-corrected chi connectivity index (χ3v) is 1.05. The Balaban J connectivity index is 3.05. The van der Waals surface area contributed by atoms with Gasteiger partial charge in [0.25, 0.3) is 12.2 Å². The minimum atomic E-state index is -0.553. The molecule has 0 aliphatic heterocycles. The van der Waals surface area contributed by atoms with Crippen molar-refractivity contribution in [1.82, 2.24) is 4.98 Å². The van der Waals surface area contributed by atoms with Crippen LogP contribution in [0, 0.1) is 5.21 Å². The zero-order chi connectivity index (χ0) is 8.27. The highest BCUT2D eigenvalue weighted by molar-refractivity contribution is 5.96. The highest BCUT2D eigenvalue weighted by atomic mass is 16.5. The molecule has 0 N–H and O–H groups in total. The predicted octanol–water partition coefficient (Wildman–Crippen LogP) is -0.444. The fraction of sp³-hybridized carbons (Fsp3) is 0. The molecule has 1 aromatic heterocycles. The van der Waals surface area contributed by atoms with Gasteiger partial charge in [0.15, 0.2) is 6.20 Å². The van der Waals surface area contributed by atoms with Crippen LogP contribution in [0.3, 0.4) is 0 Å². The van der Waals surface area contributed by atoms with E-state index < -0.39 is 5.91 Å². The molecule has 56 valence electrons. The first-order valence-corrected chi connectivity index (χ1v) is 2.79. The lowest BCUT2D eigenvalue weighted by Gasteiger charge is -1.97. The molecule has 1 rings (SSSR count). The summed E-state index contributed by atoms with van der Waals surface area (Å²) in [6, 6.07) is 0. The number of amides is 1. The highest BCUT2D eigenvalue weighted by Gasteiger charge is 2.05. The predicted molar refractivity (Wildman–Crippen MR) is 37.1 cm³/mol. The summed E-state index contributed by atoms with van der Waals surface area (Å²) in [6.45, 7) is 3.03. The van der Waals surface area contributed by atoms with E-state index in [1.165, 1.54) is 6.20 Å². The van der Waals surface area contributed by atoms with Gasteiger partial charge in [-0.05, 0) is 6.72 Å². The van der Waals surface area contributed by atoms with Gasteiger partial charge in [-0.25, -0.2) is 9.72 Å². The molecule has 5 heteroatoms. The molecule has 0 spiro atoms. The average Bonchev–Trinajstić information content (AvgIpc) is 2.03. The van der Waals surface area contributed by atoms with E-state index in [2.05, 4.69) is 16.7 Å². The smallest absolute Gasteiger partial charge is 0.289 e. The SMILES string of the molecule is C=NC(=O)c1cnc[n+]([O-])c1. The van der Waals surface area contributed by atoms with Gasteiger partial charge < -0.3 is 5.21 Å². The van der Waals surface area contributed by atoms with Crippen LogP contribution < -0.4 is 4.73 Å². The van der Waals surface area contributed by atoms with Crippen molar-refractivity contribution in [2.24, 2.45) is 4.99 Å². The number of hydrogen-bond acceptors (Lipinski definition) is 3. The van der Waals surface area contributed by atoms with Gasteiger partial charge in [-0.3, -0.25) is 4.79 Å². The third kappa shape index (κ3) is 1.57. The minimum absolute atomic E-state index is 0.137. The lowest BCUT2D eigenvalue weighted by molar-refractivity contribution is -0.608. The second-order valence-corrected chi connectivity index (χ2v) is 1.80. The molecular weight excluding hydrogens is 146 g/mol. The molecule has 1 aromatic rings. The molecule has 0 aliphatic carbocycles. The Hall–Kier alpha value is -1.78. The van der Waals surface area contributed by atoms with Gasteiger partial charge in [0.1, 0.15) is 11.8 Å². The maximum absolute atomic E-state index is 10.7. The molecule has 0 radical (unpaired) electrons. The van der Waals surface area contributed by atoms with E-state index in [4.69, 9.17) is 0 Å². The van der Waals surface area contributed by atoms with E-state index in [0.717, 1.165) is 12.5 Å². The maximum atomic E-state index is 10.7. The van der Waals surface area contributed by atoms with Crippen LogP contribution in [-0.4, -0.2) is 17.6 Å². The summed E-state index contributed by atoms with van der Waals surface area (Å²) in [5.41, 5.74) is 0.137. The van der Waals surface area contributed by atoms with Crippen molar-refractivity contribution in [2.45, 2.75) is 0 Å². The summed E-state index contributed by atoms with van der Waals surface area (Å²) in [6.07, 6.45) is 3.38. The van der Waals surface area contributed by atoms with Gasteiger partial charge in [-0.1, -0.05) is 4.98 Å². The molecule has 0 bridgehead atoms. The molecule has 0 saturated carbocycles. The van der Waals surface area contributed by atoms with Gasteiger partial charge in [-0.2, -0.15) is 0 Å². The van der Waals surface area contributed by atoms with Crippen molar-refractivity contribution in [3.63, 3.8) is 0 Å². The number of hydrogen-bond donors (Lipinski definition) is 0. The summed E-state index contributed by atoms with van der Waals surface area (Å²) in [4.78, 5) is 17.4. The molecule has 1 heterocycles. The third-order valence-electron chi connectivity index (χ3n) is 1.05. The number of nitrogens with zero attached hydrogens (tertiary/aromatic N) is 3. The molecule has 5 nitrogen and oxygen atoms in total. The topological polar surface area (TPSA) is 69.3 Å². The average molecular weight is 151 g/mol. The fourth-order valence-electron chi connectivity index (χ4n) is 0.585. The molecule has 0 unspecified atom stereocenters. The van der Waals surface area contributed by atoms with Crippen LogP contribution in [0.1, 0.15) is 10.4 Å². The van der Waals surface area contributed by atoms with E-state index in [1.807, 2.05) is 0 Å². The Bertz CT molecular complexity index is 298. The first-order chi connectivity index (χ1) is 5.24. The van der Waals surface area contributed by atoms with Crippen LogP contribution in [-0.2, 0) is 0 Å². The summed E-state index contributed by atoms with van der Waals surface area (Å²) in [5, 5.41) is 10.6. The molecule has 0 aliphatic rings. The van der Waals surface area contributed by atoms with Gasteiger partial charge in [-0.15, -0.1) is 0 Å². The van der Waals surface area contributed by atoms with E-state index in [9.17, 15) is 10.0 Å². The number of aliphatic imine (C=N–C) groups is 1. The monoisotopic (exact) mass is 151 g/mol. The van der Waals surface area contributed by atoms with Crippen LogP contribution in [0.25, 0.3) is 0 Å². The summed E-state index contributed by atoms with van der Waals surface area (Å²) in [7, 11) is 0. The second-order valence-electron chi connectivity index (χ2n) is 1.80. The highest BCUT2D eigenvalue weighted by Crippen LogP contribution is 1.93. The Labute approximate surface area is 62.6 Å².